The van der Waals surface area contributed by atoms with E-state index in [4.69, 9.17) is 0 Å². The molecule has 5 heteroatoms. The van der Waals surface area contributed by atoms with Crippen LogP contribution in [0.15, 0.2) is 35.7 Å². The number of fused-ring (bicyclic) bond motifs is 1. The summed E-state index contributed by atoms with van der Waals surface area (Å²) in [6.07, 6.45) is 0. The number of anilines is 1. The first-order chi connectivity index (χ1) is 8.72. The number of imidazole rings is 1. The van der Waals surface area contributed by atoms with Gasteiger partial charge in [0.25, 0.3) is 0 Å². The predicted octanol–water partition coefficient (Wildman–Crippen LogP) is 3.94. The number of thiophene rings is 1. The molecular formula is C13H12FN3S. The van der Waals surface area contributed by atoms with Crippen molar-refractivity contribution in [3.05, 3.63) is 46.4 Å². The van der Waals surface area contributed by atoms with Crippen molar-refractivity contribution in [3.63, 3.8) is 0 Å². The molecule has 3 nitrogen and oxygen atoms in total. The van der Waals surface area contributed by atoms with Crippen LogP contribution in [0.25, 0.3) is 11.0 Å². The first-order valence-electron chi connectivity index (χ1n) is 5.67. The summed E-state index contributed by atoms with van der Waals surface area (Å²) < 4.78 is 13.1. The van der Waals surface area contributed by atoms with E-state index < -0.39 is 0 Å². The monoisotopic (exact) mass is 261 g/mol. The molecule has 0 bridgehead atoms. The van der Waals surface area contributed by atoms with Crippen molar-refractivity contribution < 1.29 is 4.39 Å². The number of hydrogen-bond acceptors (Lipinski definition) is 3. The summed E-state index contributed by atoms with van der Waals surface area (Å²) in [6.45, 7) is 2.07. The molecule has 3 rings (SSSR count). The molecule has 0 aliphatic rings. The van der Waals surface area contributed by atoms with Crippen LogP contribution in [0.4, 0.5) is 10.3 Å². The largest absolute Gasteiger partial charge is 0.348 e. The number of H-pyrrole nitrogens is 1. The Balaban J connectivity index is 1.86. The number of hydrogen-bond donors (Lipinski definition) is 2. The summed E-state index contributed by atoms with van der Waals surface area (Å²) in [5.74, 6) is 0.403. The lowest BCUT2D eigenvalue weighted by atomic mass is 10.3. The predicted molar refractivity (Wildman–Crippen MR) is 72.4 cm³/mol. The molecule has 3 aromatic rings. The quantitative estimate of drug-likeness (QED) is 0.749. The van der Waals surface area contributed by atoms with Crippen molar-refractivity contribution >= 4 is 28.3 Å². The number of halogens is 1. The number of rotatable bonds is 3. The highest BCUT2D eigenvalue weighted by Gasteiger charge is 2.09. The number of aromatic nitrogens is 2. The smallest absolute Gasteiger partial charge is 0.201 e. The zero-order valence-corrected chi connectivity index (χ0v) is 10.6. The average molecular weight is 261 g/mol. The van der Waals surface area contributed by atoms with Crippen molar-refractivity contribution in [2.24, 2.45) is 0 Å². The van der Waals surface area contributed by atoms with Gasteiger partial charge in [-0.25, -0.2) is 9.37 Å². The molecule has 92 valence electrons. The molecule has 0 saturated heterocycles. The molecule has 1 atom stereocenters. The first kappa shape index (κ1) is 11.2. The van der Waals surface area contributed by atoms with Gasteiger partial charge in [-0.3, -0.25) is 0 Å². The van der Waals surface area contributed by atoms with E-state index in [1.165, 1.54) is 17.0 Å². The summed E-state index contributed by atoms with van der Waals surface area (Å²) >= 11 is 1.70. The van der Waals surface area contributed by atoms with Crippen molar-refractivity contribution in [1.82, 2.24) is 9.97 Å². The molecule has 0 spiro atoms. The van der Waals surface area contributed by atoms with Gasteiger partial charge in [0, 0.05) is 4.88 Å². The van der Waals surface area contributed by atoms with Crippen LogP contribution in [0.2, 0.25) is 0 Å². The summed E-state index contributed by atoms with van der Waals surface area (Å²) in [6, 6.07) is 8.80. The third-order valence-corrected chi connectivity index (χ3v) is 3.82. The van der Waals surface area contributed by atoms with Gasteiger partial charge >= 0.3 is 0 Å². The second-order valence-corrected chi connectivity index (χ2v) is 5.11. The maximum atomic E-state index is 13.1. The van der Waals surface area contributed by atoms with Crippen LogP contribution in [0, 0.1) is 5.82 Å². The van der Waals surface area contributed by atoms with Crippen molar-refractivity contribution in [2.45, 2.75) is 13.0 Å². The number of nitrogens with zero attached hydrogens (tertiary/aromatic N) is 1. The summed E-state index contributed by atoms with van der Waals surface area (Å²) in [5, 5.41) is 5.32. The third kappa shape index (κ3) is 2.09. The maximum Gasteiger partial charge on any atom is 0.201 e. The van der Waals surface area contributed by atoms with Crippen LogP contribution in [0.1, 0.15) is 17.8 Å². The molecule has 18 heavy (non-hydrogen) atoms. The zero-order chi connectivity index (χ0) is 12.5. The van der Waals surface area contributed by atoms with E-state index in [0.717, 1.165) is 5.52 Å². The molecule has 2 aromatic heterocycles. The Morgan fingerprint density at radius 3 is 3.06 bits per heavy atom. The van der Waals surface area contributed by atoms with E-state index in [1.54, 1.807) is 17.4 Å². The topological polar surface area (TPSA) is 40.7 Å². The average Bonchev–Trinajstić information content (AvgIpc) is 2.95. The Labute approximate surface area is 108 Å². The Bertz CT molecular complexity index is 660. The van der Waals surface area contributed by atoms with Gasteiger partial charge in [-0.2, -0.15) is 0 Å². The van der Waals surface area contributed by atoms with Crippen LogP contribution in [0.3, 0.4) is 0 Å². The van der Waals surface area contributed by atoms with Gasteiger partial charge in [0.15, 0.2) is 0 Å². The zero-order valence-electron chi connectivity index (χ0n) is 9.77. The molecule has 0 aliphatic heterocycles. The Morgan fingerprint density at radius 1 is 1.39 bits per heavy atom. The standard InChI is InChI=1S/C13H12FN3S/c1-8(12-3-2-6-18-12)15-13-16-10-5-4-9(14)7-11(10)17-13/h2-8H,1H3,(H2,15,16,17). The van der Waals surface area contributed by atoms with Gasteiger partial charge < -0.3 is 10.3 Å². The van der Waals surface area contributed by atoms with E-state index in [1.807, 2.05) is 11.4 Å². The maximum absolute atomic E-state index is 13.1. The Hall–Kier alpha value is -1.88. The molecule has 2 N–H and O–H groups in total. The normalized spacial score (nSPS) is 12.8. The van der Waals surface area contributed by atoms with E-state index >= 15 is 0 Å². The lowest BCUT2D eigenvalue weighted by Crippen LogP contribution is -2.05. The molecule has 2 heterocycles. The lowest BCUT2D eigenvalue weighted by Gasteiger charge is -2.10. The second kappa shape index (κ2) is 4.42. The lowest BCUT2D eigenvalue weighted by molar-refractivity contribution is 0.629. The minimum absolute atomic E-state index is 0.176. The highest BCUT2D eigenvalue weighted by molar-refractivity contribution is 7.10. The van der Waals surface area contributed by atoms with Gasteiger partial charge in [-0.15, -0.1) is 11.3 Å². The van der Waals surface area contributed by atoms with Gasteiger partial charge in [-0.1, -0.05) is 6.07 Å². The summed E-state index contributed by atoms with van der Waals surface area (Å²) in [5.41, 5.74) is 1.47. The van der Waals surface area contributed by atoms with Crippen LogP contribution < -0.4 is 5.32 Å². The summed E-state index contributed by atoms with van der Waals surface area (Å²) in [4.78, 5) is 8.68. The molecule has 1 unspecified atom stereocenters. The van der Waals surface area contributed by atoms with E-state index in [2.05, 4.69) is 28.3 Å². The first-order valence-corrected chi connectivity index (χ1v) is 6.55. The highest BCUT2D eigenvalue weighted by atomic mass is 32.1. The van der Waals surface area contributed by atoms with Crippen molar-refractivity contribution in [2.75, 3.05) is 5.32 Å². The Kier molecular flexibility index (Phi) is 2.76. The van der Waals surface area contributed by atoms with E-state index in [9.17, 15) is 4.39 Å². The van der Waals surface area contributed by atoms with Gasteiger partial charge in [0.1, 0.15) is 5.82 Å². The van der Waals surface area contributed by atoms with Gasteiger partial charge in [0.05, 0.1) is 17.1 Å². The molecule has 0 aliphatic carbocycles. The SMILES string of the molecule is CC(Nc1nc2ccc(F)cc2[nH]1)c1cccs1. The van der Waals surface area contributed by atoms with Crippen molar-refractivity contribution in [3.8, 4) is 0 Å². The number of aromatic amines is 1. The third-order valence-electron chi connectivity index (χ3n) is 2.77. The molecule has 0 saturated carbocycles. The fraction of sp³-hybridized carbons (Fsp3) is 0.154. The fourth-order valence-corrected chi connectivity index (χ4v) is 2.60. The van der Waals surface area contributed by atoms with E-state index in [0.29, 0.717) is 11.5 Å². The van der Waals surface area contributed by atoms with Crippen LogP contribution in [-0.2, 0) is 0 Å². The minimum atomic E-state index is -0.260. The highest BCUT2D eigenvalue weighted by Crippen LogP contribution is 2.23. The fourth-order valence-electron chi connectivity index (χ4n) is 1.86. The number of benzene rings is 1. The molecule has 1 aromatic carbocycles. The second-order valence-electron chi connectivity index (χ2n) is 4.13. The number of nitrogens with one attached hydrogen (secondary N) is 2. The van der Waals surface area contributed by atoms with Gasteiger partial charge in [0.2, 0.25) is 5.95 Å². The van der Waals surface area contributed by atoms with Gasteiger partial charge in [-0.05, 0) is 36.6 Å². The molecule has 0 amide bonds. The molecular weight excluding hydrogens is 249 g/mol. The molecule has 0 fully saturated rings. The van der Waals surface area contributed by atoms with Crippen molar-refractivity contribution in [1.29, 1.82) is 0 Å². The van der Waals surface area contributed by atoms with Crippen LogP contribution >= 0.6 is 11.3 Å². The van der Waals surface area contributed by atoms with Crippen LogP contribution in [0.5, 0.6) is 0 Å². The van der Waals surface area contributed by atoms with Crippen LogP contribution in [-0.4, -0.2) is 9.97 Å². The molecule has 0 radical (unpaired) electrons. The Morgan fingerprint density at radius 2 is 2.28 bits per heavy atom. The summed E-state index contributed by atoms with van der Waals surface area (Å²) in [7, 11) is 0. The minimum Gasteiger partial charge on any atom is -0.348 e. The van der Waals surface area contributed by atoms with E-state index in [-0.39, 0.29) is 11.9 Å².